The Bertz CT molecular complexity index is 1180. The van der Waals surface area contributed by atoms with Gasteiger partial charge in [0.2, 0.25) is 11.8 Å². The number of hydrogen-bond donors (Lipinski definition) is 1. The largest absolute Gasteiger partial charge is 0.352 e. The molecule has 188 valence electrons. The van der Waals surface area contributed by atoms with Crippen LogP contribution in [-0.4, -0.2) is 33.7 Å². The average molecular weight is 488 g/mol. The highest BCUT2D eigenvalue weighted by atomic mass is 16.6. The zero-order valence-corrected chi connectivity index (χ0v) is 21.0. The summed E-state index contributed by atoms with van der Waals surface area (Å²) < 4.78 is 0. The first-order valence-electron chi connectivity index (χ1n) is 12.2. The fourth-order valence-electron chi connectivity index (χ4n) is 3.99. The Morgan fingerprint density at radius 1 is 0.944 bits per heavy atom. The van der Waals surface area contributed by atoms with Crippen molar-refractivity contribution in [2.24, 2.45) is 0 Å². The summed E-state index contributed by atoms with van der Waals surface area (Å²) in [6.07, 6.45) is 0.911. The highest BCUT2D eigenvalue weighted by Gasteiger charge is 2.32. The lowest BCUT2D eigenvalue weighted by Crippen LogP contribution is -2.52. The predicted octanol–water partition coefficient (Wildman–Crippen LogP) is 5.00. The van der Waals surface area contributed by atoms with Gasteiger partial charge in [0.25, 0.3) is 5.69 Å². The number of carbonyl (C=O) groups is 2. The minimum atomic E-state index is -0.780. The number of para-hydroxylation sites is 1. The van der Waals surface area contributed by atoms with Crippen LogP contribution in [0.25, 0.3) is 0 Å². The third-order valence-electron chi connectivity index (χ3n) is 6.28. The molecule has 3 aromatic carbocycles. The van der Waals surface area contributed by atoms with Crippen LogP contribution < -0.4 is 5.32 Å². The van der Waals surface area contributed by atoms with Gasteiger partial charge in [0.1, 0.15) is 6.04 Å². The molecule has 0 unspecified atom stereocenters. The summed E-state index contributed by atoms with van der Waals surface area (Å²) in [5, 5.41) is 14.6. The van der Waals surface area contributed by atoms with Crippen molar-refractivity contribution in [3.8, 4) is 0 Å². The molecule has 36 heavy (non-hydrogen) atoms. The van der Waals surface area contributed by atoms with Crippen molar-refractivity contribution in [3.05, 3.63) is 111 Å². The molecular weight excluding hydrogens is 454 g/mol. The lowest BCUT2D eigenvalue weighted by molar-refractivity contribution is -0.385. The fourth-order valence-corrected chi connectivity index (χ4v) is 3.99. The molecule has 7 heteroatoms. The van der Waals surface area contributed by atoms with E-state index in [0.29, 0.717) is 12.0 Å². The number of rotatable bonds is 11. The second-order valence-corrected chi connectivity index (χ2v) is 9.09. The molecule has 3 aromatic rings. The van der Waals surface area contributed by atoms with Gasteiger partial charge in [-0.05, 0) is 31.4 Å². The van der Waals surface area contributed by atoms with Crippen LogP contribution in [0, 0.1) is 17.0 Å². The van der Waals surface area contributed by atoms with Crippen molar-refractivity contribution in [1.82, 2.24) is 10.2 Å². The minimum Gasteiger partial charge on any atom is -0.352 e. The summed E-state index contributed by atoms with van der Waals surface area (Å²) >= 11 is 0. The first-order chi connectivity index (χ1) is 17.3. The number of nitrogens with one attached hydrogen (secondary N) is 1. The van der Waals surface area contributed by atoms with Crippen molar-refractivity contribution in [2.45, 2.75) is 58.7 Å². The number of hydrogen-bond acceptors (Lipinski definition) is 4. The zero-order valence-electron chi connectivity index (χ0n) is 21.0. The summed E-state index contributed by atoms with van der Waals surface area (Å²) in [6.45, 7) is 6.11. The molecule has 2 atom stereocenters. The molecule has 2 amide bonds. The van der Waals surface area contributed by atoms with Crippen LogP contribution in [0.4, 0.5) is 5.69 Å². The van der Waals surface area contributed by atoms with Gasteiger partial charge in [-0.2, -0.15) is 0 Å². The quantitative estimate of drug-likeness (QED) is 0.304. The molecule has 0 aliphatic heterocycles. The van der Waals surface area contributed by atoms with E-state index in [1.165, 1.54) is 6.07 Å². The van der Waals surface area contributed by atoms with Crippen molar-refractivity contribution < 1.29 is 14.5 Å². The van der Waals surface area contributed by atoms with Crippen molar-refractivity contribution in [2.75, 3.05) is 0 Å². The Morgan fingerprint density at radius 3 is 2.22 bits per heavy atom. The molecule has 0 aliphatic rings. The van der Waals surface area contributed by atoms with E-state index in [0.717, 1.165) is 23.1 Å². The maximum Gasteiger partial charge on any atom is 0.273 e. The van der Waals surface area contributed by atoms with Crippen molar-refractivity contribution in [3.63, 3.8) is 0 Å². The molecular formula is C29H33N3O4. The molecule has 1 N–H and O–H groups in total. The van der Waals surface area contributed by atoms with Gasteiger partial charge >= 0.3 is 0 Å². The highest BCUT2D eigenvalue weighted by Crippen LogP contribution is 2.22. The summed E-state index contributed by atoms with van der Waals surface area (Å²) in [7, 11) is 0. The van der Waals surface area contributed by atoms with Gasteiger partial charge in [0.15, 0.2) is 0 Å². The van der Waals surface area contributed by atoms with Gasteiger partial charge in [0, 0.05) is 30.6 Å². The van der Waals surface area contributed by atoms with Gasteiger partial charge in [-0.3, -0.25) is 19.7 Å². The fraction of sp³-hybridized carbons (Fsp3) is 0.310. The second kappa shape index (κ2) is 12.6. The topological polar surface area (TPSA) is 92.6 Å². The van der Waals surface area contributed by atoms with E-state index in [9.17, 15) is 19.7 Å². The molecule has 3 rings (SSSR count). The van der Waals surface area contributed by atoms with E-state index in [-0.39, 0.29) is 36.5 Å². The van der Waals surface area contributed by atoms with Crippen LogP contribution in [0.1, 0.15) is 42.5 Å². The smallest absolute Gasteiger partial charge is 0.273 e. The van der Waals surface area contributed by atoms with Gasteiger partial charge in [-0.15, -0.1) is 0 Å². The number of nitrogens with zero attached hydrogens (tertiary/aromatic N) is 2. The molecule has 0 aromatic heterocycles. The lowest BCUT2D eigenvalue weighted by Gasteiger charge is -2.32. The van der Waals surface area contributed by atoms with Crippen LogP contribution >= 0.6 is 0 Å². The Balaban J connectivity index is 2.01. The molecule has 0 aliphatic carbocycles. The maximum atomic E-state index is 13.8. The van der Waals surface area contributed by atoms with Gasteiger partial charge in [-0.25, -0.2) is 0 Å². The third-order valence-corrected chi connectivity index (χ3v) is 6.28. The first-order valence-corrected chi connectivity index (χ1v) is 12.2. The maximum absolute atomic E-state index is 13.8. The number of amides is 2. The van der Waals surface area contributed by atoms with Crippen LogP contribution in [0.3, 0.4) is 0 Å². The van der Waals surface area contributed by atoms with Crippen LogP contribution in [0.5, 0.6) is 0 Å². The molecule has 7 nitrogen and oxygen atoms in total. The van der Waals surface area contributed by atoms with Gasteiger partial charge in [-0.1, -0.05) is 85.3 Å². The van der Waals surface area contributed by atoms with Crippen molar-refractivity contribution in [1.29, 1.82) is 0 Å². The summed E-state index contributed by atoms with van der Waals surface area (Å²) in [6, 6.07) is 22.8. The summed E-state index contributed by atoms with van der Waals surface area (Å²) in [5.41, 5.74) is 3.11. The zero-order chi connectivity index (χ0) is 26.1. The Labute approximate surface area is 212 Å². The highest BCUT2D eigenvalue weighted by molar-refractivity contribution is 5.89. The van der Waals surface area contributed by atoms with Crippen molar-refractivity contribution >= 4 is 17.5 Å². The van der Waals surface area contributed by atoms with Crippen LogP contribution in [0.15, 0.2) is 78.9 Å². The van der Waals surface area contributed by atoms with Gasteiger partial charge < -0.3 is 10.2 Å². The molecule has 0 fully saturated rings. The molecule has 0 bridgehead atoms. The SMILES string of the molecule is CC[C@@H](C)NC(=O)[C@H](Cc1ccccc1)N(Cc1ccc(C)cc1)C(=O)Cc1ccccc1[N+](=O)[O-]. The monoisotopic (exact) mass is 487 g/mol. The van der Waals surface area contributed by atoms with E-state index in [2.05, 4.69) is 5.32 Å². The number of benzene rings is 3. The van der Waals surface area contributed by atoms with E-state index in [1.54, 1.807) is 23.1 Å². The van der Waals surface area contributed by atoms with Gasteiger partial charge in [0.05, 0.1) is 11.3 Å². The molecule has 0 heterocycles. The van der Waals surface area contributed by atoms with Crippen LogP contribution in [0.2, 0.25) is 0 Å². The summed E-state index contributed by atoms with van der Waals surface area (Å²) in [4.78, 5) is 39.9. The Kier molecular flexibility index (Phi) is 9.33. The normalized spacial score (nSPS) is 12.4. The first kappa shape index (κ1) is 26.6. The van der Waals surface area contributed by atoms with Crippen LogP contribution in [-0.2, 0) is 29.0 Å². The number of aryl methyl sites for hydroxylation is 1. The number of nitro benzene ring substituents is 1. The molecule has 0 saturated heterocycles. The lowest BCUT2D eigenvalue weighted by atomic mass is 10.0. The Morgan fingerprint density at radius 2 is 1.58 bits per heavy atom. The number of nitro groups is 1. The average Bonchev–Trinajstić information content (AvgIpc) is 2.87. The summed E-state index contributed by atoms with van der Waals surface area (Å²) in [5.74, 6) is -0.582. The molecule has 0 radical (unpaired) electrons. The van der Waals surface area contributed by atoms with E-state index in [4.69, 9.17) is 0 Å². The third kappa shape index (κ3) is 7.25. The molecule has 0 spiro atoms. The van der Waals surface area contributed by atoms with E-state index in [1.807, 2.05) is 75.4 Å². The van der Waals surface area contributed by atoms with E-state index < -0.39 is 11.0 Å². The standard InChI is InChI=1S/C29H33N3O4/c1-4-22(3)30-29(34)27(18-23-10-6-5-7-11-23)31(20-24-16-14-21(2)15-17-24)28(33)19-25-12-8-9-13-26(25)32(35)36/h5-17,22,27H,4,18-20H2,1-3H3,(H,30,34)/t22-,27+/m1/s1. The molecule has 0 saturated carbocycles. The second-order valence-electron chi connectivity index (χ2n) is 9.09. The van der Waals surface area contributed by atoms with E-state index >= 15 is 0 Å². The minimum absolute atomic E-state index is 0.0534. The Hall–Kier alpha value is -4.00. The predicted molar refractivity (Wildman–Crippen MR) is 140 cm³/mol. The number of carbonyl (C=O) groups excluding carboxylic acids is 2.